The van der Waals surface area contributed by atoms with Crippen LogP contribution in [0, 0.1) is 5.82 Å². The summed E-state index contributed by atoms with van der Waals surface area (Å²) in [5.41, 5.74) is 2.25. The molecule has 0 bridgehead atoms. The SMILES string of the molecule is O=C1C[C@H](C(=O)N2CCN(Cc3cccnc3)CC2)c2ccc(F)cc2N1. The van der Waals surface area contributed by atoms with Gasteiger partial charge in [-0.3, -0.25) is 19.5 Å². The Morgan fingerprint density at radius 2 is 2.04 bits per heavy atom. The number of hydrogen-bond donors (Lipinski definition) is 1. The van der Waals surface area contributed by atoms with Gasteiger partial charge in [-0.1, -0.05) is 12.1 Å². The monoisotopic (exact) mass is 368 g/mol. The Hall–Kier alpha value is -2.80. The topological polar surface area (TPSA) is 65.5 Å². The van der Waals surface area contributed by atoms with Crippen molar-refractivity contribution < 1.29 is 14.0 Å². The molecule has 0 unspecified atom stereocenters. The van der Waals surface area contributed by atoms with Crippen molar-refractivity contribution >= 4 is 17.5 Å². The second-order valence-electron chi connectivity index (χ2n) is 7.00. The number of fused-ring (bicyclic) bond motifs is 1. The van der Waals surface area contributed by atoms with Crippen LogP contribution < -0.4 is 5.32 Å². The molecule has 140 valence electrons. The highest BCUT2D eigenvalue weighted by Gasteiger charge is 2.34. The maximum Gasteiger partial charge on any atom is 0.230 e. The van der Waals surface area contributed by atoms with Gasteiger partial charge in [-0.05, 0) is 29.3 Å². The quantitative estimate of drug-likeness (QED) is 0.900. The van der Waals surface area contributed by atoms with E-state index >= 15 is 0 Å². The standard InChI is InChI=1S/C20H21FN4O2/c21-15-3-4-16-17(11-19(26)23-18(16)10-15)20(27)25-8-6-24(7-9-25)13-14-2-1-5-22-12-14/h1-5,10,12,17H,6-9,11,13H2,(H,23,26)/t17-/m0/s1. The van der Waals surface area contributed by atoms with E-state index in [1.54, 1.807) is 12.3 Å². The van der Waals surface area contributed by atoms with Crippen molar-refractivity contribution in [1.82, 2.24) is 14.8 Å². The summed E-state index contributed by atoms with van der Waals surface area (Å²) in [4.78, 5) is 33.2. The lowest BCUT2D eigenvalue weighted by molar-refractivity contribution is -0.136. The number of pyridine rings is 1. The predicted molar refractivity (Wildman–Crippen MR) is 98.5 cm³/mol. The van der Waals surface area contributed by atoms with Crippen LogP contribution >= 0.6 is 0 Å². The van der Waals surface area contributed by atoms with Gasteiger partial charge in [-0.15, -0.1) is 0 Å². The van der Waals surface area contributed by atoms with E-state index in [9.17, 15) is 14.0 Å². The zero-order valence-corrected chi connectivity index (χ0v) is 14.9. The van der Waals surface area contributed by atoms with Gasteiger partial charge in [-0.25, -0.2) is 4.39 Å². The average Bonchev–Trinajstić information content (AvgIpc) is 2.68. The van der Waals surface area contributed by atoms with Gasteiger partial charge in [0.1, 0.15) is 5.82 Å². The maximum atomic E-state index is 13.5. The second kappa shape index (κ2) is 7.44. The van der Waals surface area contributed by atoms with Crippen molar-refractivity contribution in [3.8, 4) is 0 Å². The minimum absolute atomic E-state index is 0.0567. The summed E-state index contributed by atoms with van der Waals surface area (Å²) in [7, 11) is 0. The van der Waals surface area contributed by atoms with Gasteiger partial charge in [0.25, 0.3) is 0 Å². The number of piperazine rings is 1. The second-order valence-corrected chi connectivity index (χ2v) is 7.00. The van der Waals surface area contributed by atoms with Crippen LogP contribution in [0.5, 0.6) is 0 Å². The summed E-state index contributed by atoms with van der Waals surface area (Å²) in [6, 6.07) is 8.18. The molecule has 1 atom stereocenters. The molecule has 1 saturated heterocycles. The molecule has 7 heteroatoms. The number of nitrogens with zero attached hydrogens (tertiary/aromatic N) is 3. The highest BCUT2D eigenvalue weighted by Crippen LogP contribution is 2.34. The van der Waals surface area contributed by atoms with Crippen LogP contribution in [0.3, 0.4) is 0 Å². The van der Waals surface area contributed by atoms with Gasteiger partial charge in [0.2, 0.25) is 11.8 Å². The zero-order chi connectivity index (χ0) is 18.8. The van der Waals surface area contributed by atoms with E-state index in [0.29, 0.717) is 24.3 Å². The molecule has 4 rings (SSSR count). The molecule has 2 aliphatic rings. The summed E-state index contributed by atoms with van der Waals surface area (Å²) in [5, 5.41) is 2.66. The van der Waals surface area contributed by atoms with E-state index in [1.807, 2.05) is 23.2 Å². The highest BCUT2D eigenvalue weighted by molar-refractivity contribution is 6.01. The Morgan fingerprint density at radius 3 is 2.78 bits per heavy atom. The summed E-state index contributed by atoms with van der Waals surface area (Å²) >= 11 is 0. The van der Waals surface area contributed by atoms with Crippen LogP contribution in [0.1, 0.15) is 23.5 Å². The highest BCUT2D eigenvalue weighted by atomic mass is 19.1. The molecule has 2 amide bonds. The molecule has 2 aromatic rings. The van der Waals surface area contributed by atoms with Gasteiger partial charge in [0, 0.05) is 57.2 Å². The minimum Gasteiger partial charge on any atom is -0.340 e. The van der Waals surface area contributed by atoms with Crippen LogP contribution in [0.15, 0.2) is 42.7 Å². The van der Waals surface area contributed by atoms with Crippen LogP contribution in [0.2, 0.25) is 0 Å². The normalized spacial score (nSPS) is 20.1. The summed E-state index contributed by atoms with van der Waals surface area (Å²) in [6.07, 6.45) is 3.71. The first kappa shape index (κ1) is 17.6. The van der Waals surface area contributed by atoms with E-state index < -0.39 is 11.7 Å². The smallest absolute Gasteiger partial charge is 0.230 e. The van der Waals surface area contributed by atoms with E-state index in [1.165, 1.54) is 12.1 Å². The van der Waals surface area contributed by atoms with Crippen molar-refractivity contribution in [1.29, 1.82) is 0 Å². The Kier molecular flexibility index (Phi) is 4.85. The number of hydrogen-bond acceptors (Lipinski definition) is 4. The van der Waals surface area contributed by atoms with E-state index in [0.717, 1.165) is 25.2 Å². The number of aromatic nitrogens is 1. The van der Waals surface area contributed by atoms with Gasteiger partial charge in [0.15, 0.2) is 0 Å². The number of nitrogens with one attached hydrogen (secondary N) is 1. The Balaban J connectivity index is 1.42. The fourth-order valence-electron chi connectivity index (χ4n) is 3.75. The third kappa shape index (κ3) is 3.83. The molecule has 2 aliphatic heterocycles. The van der Waals surface area contributed by atoms with E-state index in [4.69, 9.17) is 0 Å². The summed E-state index contributed by atoms with van der Waals surface area (Å²) in [5.74, 6) is -1.27. The first-order chi connectivity index (χ1) is 13.1. The van der Waals surface area contributed by atoms with Gasteiger partial charge in [0.05, 0.1) is 5.92 Å². The van der Waals surface area contributed by atoms with Crippen molar-refractivity contribution in [2.75, 3.05) is 31.5 Å². The molecule has 27 heavy (non-hydrogen) atoms. The fourth-order valence-corrected chi connectivity index (χ4v) is 3.75. The molecule has 0 saturated carbocycles. The van der Waals surface area contributed by atoms with E-state index in [2.05, 4.69) is 15.2 Å². The fraction of sp³-hybridized carbons (Fsp3) is 0.350. The van der Waals surface area contributed by atoms with Crippen molar-refractivity contribution in [3.05, 3.63) is 59.7 Å². The summed E-state index contributed by atoms with van der Waals surface area (Å²) in [6.45, 7) is 3.59. The molecular weight excluding hydrogens is 347 g/mol. The van der Waals surface area contributed by atoms with Crippen molar-refractivity contribution in [2.45, 2.75) is 18.9 Å². The molecule has 1 aromatic carbocycles. The first-order valence-corrected chi connectivity index (χ1v) is 9.09. The van der Waals surface area contributed by atoms with Crippen LogP contribution in [0.4, 0.5) is 10.1 Å². The van der Waals surface area contributed by atoms with Crippen molar-refractivity contribution in [3.63, 3.8) is 0 Å². The number of halogens is 1. The molecule has 0 aliphatic carbocycles. The zero-order valence-electron chi connectivity index (χ0n) is 14.9. The Bertz CT molecular complexity index is 850. The maximum absolute atomic E-state index is 13.5. The third-order valence-corrected chi connectivity index (χ3v) is 5.17. The Morgan fingerprint density at radius 1 is 1.22 bits per heavy atom. The first-order valence-electron chi connectivity index (χ1n) is 9.09. The number of anilines is 1. The minimum atomic E-state index is -0.542. The molecule has 6 nitrogen and oxygen atoms in total. The molecule has 0 spiro atoms. The van der Waals surface area contributed by atoms with Crippen LogP contribution in [-0.4, -0.2) is 52.8 Å². The lowest BCUT2D eigenvalue weighted by Crippen LogP contribution is -2.50. The molecule has 3 heterocycles. The number of benzene rings is 1. The van der Waals surface area contributed by atoms with Crippen LogP contribution in [0.25, 0.3) is 0 Å². The Labute approximate surface area is 157 Å². The number of carbonyl (C=O) groups is 2. The average molecular weight is 368 g/mol. The number of amides is 2. The lowest BCUT2D eigenvalue weighted by atomic mass is 9.89. The van der Waals surface area contributed by atoms with Gasteiger partial charge in [-0.2, -0.15) is 0 Å². The third-order valence-electron chi connectivity index (χ3n) is 5.17. The predicted octanol–water partition coefficient (Wildman–Crippen LogP) is 1.99. The molecule has 1 fully saturated rings. The molecule has 0 radical (unpaired) electrons. The molecule has 1 aromatic heterocycles. The molecule has 1 N–H and O–H groups in total. The largest absolute Gasteiger partial charge is 0.340 e. The lowest BCUT2D eigenvalue weighted by Gasteiger charge is -2.37. The van der Waals surface area contributed by atoms with E-state index in [-0.39, 0.29) is 18.2 Å². The molecular formula is C20H21FN4O2. The van der Waals surface area contributed by atoms with Crippen LogP contribution in [-0.2, 0) is 16.1 Å². The number of rotatable bonds is 3. The summed E-state index contributed by atoms with van der Waals surface area (Å²) < 4.78 is 13.5. The van der Waals surface area contributed by atoms with Gasteiger partial charge >= 0.3 is 0 Å². The van der Waals surface area contributed by atoms with Gasteiger partial charge < -0.3 is 10.2 Å². The number of carbonyl (C=O) groups excluding carboxylic acids is 2. The van der Waals surface area contributed by atoms with Crippen molar-refractivity contribution in [2.24, 2.45) is 0 Å².